The molecule has 7 heteroatoms. The van der Waals surface area contributed by atoms with Gasteiger partial charge < -0.3 is 10.4 Å². The lowest BCUT2D eigenvalue weighted by Gasteiger charge is -2.11. The van der Waals surface area contributed by atoms with Crippen LogP contribution >= 0.6 is 0 Å². The van der Waals surface area contributed by atoms with Gasteiger partial charge in [0.1, 0.15) is 11.4 Å². The SMILES string of the molecule is O=C(Nc1cc(C(F)(F)F)ccc1O)c1ccccn1. The average Bonchev–Trinajstić information content (AvgIpc) is 2.41. The lowest BCUT2D eigenvalue weighted by atomic mass is 10.1. The number of carbonyl (C=O) groups is 1. The highest BCUT2D eigenvalue weighted by Crippen LogP contribution is 2.34. The largest absolute Gasteiger partial charge is 0.506 e. The first-order valence-electron chi connectivity index (χ1n) is 5.50. The van der Waals surface area contributed by atoms with Gasteiger partial charge in [0.05, 0.1) is 11.3 Å². The van der Waals surface area contributed by atoms with E-state index in [9.17, 15) is 23.1 Å². The van der Waals surface area contributed by atoms with Gasteiger partial charge in [-0.25, -0.2) is 0 Å². The third kappa shape index (κ3) is 3.05. The lowest BCUT2D eigenvalue weighted by Crippen LogP contribution is -2.14. The summed E-state index contributed by atoms with van der Waals surface area (Å²) in [6, 6.07) is 6.82. The van der Waals surface area contributed by atoms with Gasteiger partial charge in [-0.15, -0.1) is 0 Å². The van der Waals surface area contributed by atoms with Crippen LogP contribution < -0.4 is 5.32 Å². The first-order valence-corrected chi connectivity index (χ1v) is 5.50. The van der Waals surface area contributed by atoms with Gasteiger partial charge in [0.2, 0.25) is 0 Å². The van der Waals surface area contributed by atoms with Gasteiger partial charge in [0, 0.05) is 6.20 Å². The van der Waals surface area contributed by atoms with Crippen LogP contribution in [0.3, 0.4) is 0 Å². The number of rotatable bonds is 2. The van der Waals surface area contributed by atoms with Crippen molar-refractivity contribution >= 4 is 11.6 Å². The predicted octanol–water partition coefficient (Wildman–Crippen LogP) is 3.06. The number of amides is 1. The number of carbonyl (C=O) groups excluding carboxylic acids is 1. The van der Waals surface area contributed by atoms with Crippen LogP contribution in [0.1, 0.15) is 16.1 Å². The molecule has 2 aromatic rings. The Kier molecular flexibility index (Phi) is 3.60. The highest BCUT2D eigenvalue weighted by atomic mass is 19.4. The summed E-state index contributed by atoms with van der Waals surface area (Å²) in [5.74, 6) is -1.16. The van der Waals surface area contributed by atoms with Gasteiger partial charge in [0.15, 0.2) is 0 Å². The van der Waals surface area contributed by atoms with Crippen molar-refractivity contribution in [2.45, 2.75) is 6.18 Å². The van der Waals surface area contributed by atoms with Crippen molar-refractivity contribution < 1.29 is 23.1 Å². The molecule has 0 aliphatic rings. The fourth-order valence-electron chi connectivity index (χ4n) is 1.50. The van der Waals surface area contributed by atoms with Crippen LogP contribution in [0.4, 0.5) is 18.9 Å². The molecule has 4 nitrogen and oxygen atoms in total. The Morgan fingerprint density at radius 3 is 2.55 bits per heavy atom. The fraction of sp³-hybridized carbons (Fsp3) is 0.0769. The zero-order chi connectivity index (χ0) is 14.8. The second kappa shape index (κ2) is 5.20. The van der Waals surface area contributed by atoms with Crippen LogP contribution in [-0.4, -0.2) is 16.0 Å². The van der Waals surface area contributed by atoms with E-state index in [1.165, 1.54) is 12.3 Å². The van der Waals surface area contributed by atoms with E-state index in [0.717, 1.165) is 12.1 Å². The molecule has 0 aliphatic heterocycles. The summed E-state index contributed by atoms with van der Waals surface area (Å²) < 4.78 is 37.7. The molecule has 1 aromatic carbocycles. The molecule has 0 fully saturated rings. The highest BCUT2D eigenvalue weighted by molar-refractivity contribution is 6.03. The van der Waals surface area contributed by atoms with Crippen LogP contribution in [0.15, 0.2) is 42.6 Å². The first kappa shape index (κ1) is 13.9. The second-order valence-electron chi connectivity index (χ2n) is 3.90. The van der Waals surface area contributed by atoms with E-state index in [-0.39, 0.29) is 11.4 Å². The lowest BCUT2D eigenvalue weighted by molar-refractivity contribution is -0.137. The van der Waals surface area contributed by atoms with Crippen LogP contribution in [0, 0.1) is 0 Å². The molecule has 0 spiro atoms. The monoisotopic (exact) mass is 282 g/mol. The summed E-state index contributed by atoms with van der Waals surface area (Å²) in [7, 11) is 0. The molecule has 0 saturated carbocycles. The number of aromatic hydroxyl groups is 1. The third-order valence-electron chi connectivity index (χ3n) is 2.47. The number of nitrogens with zero attached hydrogens (tertiary/aromatic N) is 1. The summed E-state index contributed by atoms with van der Waals surface area (Å²) in [4.78, 5) is 15.5. The van der Waals surface area contributed by atoms with Gasteiger partial charge >= 0.3 is 6.18 Å². The average molecular weight is 282 g/mol. The van der Waals surface area contributed by atoms with E-state index in [1.54, 1.807) is 12.1 Å². The Morgan fingerprint density at radius 2 is 1.95 bits per heavy atom. The molecule has 104 valence electrons. The van der Waals surface area contributed by atoms with E-state index in [0.29, 0.717) is 6.07 Å². The number of benzene rings is 1. The third-order valence-corrected chi connectivity index (χ3v) is 2.47. The summed E-state index contributed by atoms with van der Waals surface area (Å²) >= 11 is 0. The number of aromatic nitrogens is 1. The molecule has 0 unspecified atom stereocenters. The molecular formula is C13H9F3N2O2. The zero-order valence-corrected chi connectivity index (χ0v) is 9.98. The quantitative estimate of drug-likeness (QED) is 0.832. The van der Waals surface area contributed by atoms with Crippen LogP contribution in [0.2, 0.25) is 0 Å². The van der Waals surface area contributed by atoms with Gasteiger partial charge in [-0.2, -0.15) is 13.2 Å². The van der Waals surface area contributed by atoms with Crippen molar-refractivity contribution in [3.8, 4) is 5.75 Å². The molecule has 20 heavy (non-hydrogen) atoms. The van der Waals surface area contributed by atoms with Crippen LogP contribution in [0.5, 0.6) is 5.75 Å². The highest BCUT2D eigenvalue weighted by Gasteiger charge is 2.31. The van der Waals surface area contributed by atoms with E-state index in [4.69, 9.17) is 0 Å². The summed E-state index contributed by atoms with van der Waals surface area (Å²) in [6.45, 7) is 0. The molecule has 2 rings (SSSR count). The molecule has 2 N–H and O–H groups in total. The standard InChI is InChI=1S/C13H9F3N2O2/c14-13(15,16)8-4-5-11(19)10(7-8)18-12(20)9-3-1-2-6-17-9/h1-7,19H,(H,18,20). The zero-order valence-electron chi connectivity index (χ0n) is 9.98. The van der Waals surface area contributed by atoms with Crippen LogP contribution in [-0.2, 0) is 6.18 Å². The van der Waals surface area contributed by atoms with E-state index >= 15 is 0 Å². The summed E-state index contributed by atoms with van der Waals surface area (Å²) in [6.07, 6.45) is -3.18. The smallest absolute Gasteiger partial charge is 0.416 e. The maximum atomic E-state index is 12.6. The molecule has 1 amide bonds. The number of nitrogens with one attached hydrogen (secondary N) is 1. The van der Waals surface area contributed by atoms with Gasteiger partial charge in [0.25, 0.3) is 5.91 Å². The molecule has 0 aliphatic carbocycles. The van der Waals surface area contributed by atoms with Crippen molar-refractivity contribution in [2.75, 3.05) is 5.32 Å². The van der Waals surface area contributed by atoms with Gasteiger partial charge in [-0.1, -0.05) is 6.07 Å². The number of hydrogen-bond acceptors (Lipinski definition) is 3. The number of anilines is 1. The second-order valence-corrected chi connectivity index (χ2v) is 3.90. The minimum absolute atomic E-state index is 0.0318. The summed E-state index contributed by atoms with van der Waals surface area (Å²) in [5.41, 5.74) is -1.26. The van der Waals surface area contributed by atoms with Gasteiger partial charge in [-0.3, -0.25) is 9.78 Å². The molecule has 1 heterocycles. The Bertz CT molecular complexity index is 627. The van der Waals surface area contributed by atoms with E-state index in [2.05, 4.69) is 10.3 Å². The molecule has 1 aromatic heterocycles. The number of halogens is 3. The van der Waals surface area contributed by atoms with E-state index in [1.807, 2.05) is 0 Å². The molecule has 0 radical (unpaired) electrons. The Balaban J connectivity index is 2.27. The first-order chi connectivity index (χ1) is 9.38. The van der Waals surface area contributed by atoms with Crippen LogP contribution in [0.25, 0.3) is 0 Å². The number of alkyl halides is 3. The topological polar surface area (TPSA) is 62.2 Å². The minimum Gasteiger partial charge on any atom is -0.506 e. The van der Waals surface area contributed by atoms with Gasteiger partial charge in [-0.05, 0) is 30.3 Å². The van der Waals surface area contributed by atoms with Crippen molar-refractivity contribution in [2.24, 2.45) is 0 Å². The van der Waals surface area contributed by atoms with Crippen molar-refractivity contribution in [3.63, 3.8) is 0 Å². The molecule has 0 atom stereocenters. The van der Waals surface area contributed by atoms with Crippen molar-refractivity contribution in [3.05, 3.63) is 53.9 Å². The van der Waals surface area contributed by atoms with Crippen molar-refractivity contribution in [1.82, 2.24) is 4.98 Å². The van der Waals surface area contributed by atoms with E-state index < -0.39 is 23.4 Å². The molecule has 0 saturated heterocycles. The number of pyridine rings is 1. The normalized spacial score (nSPS) is 11.2. The summed E-state index contributed by atoms with van der Waals surface area (Å²) in [5, 5.41) is 11.7. The predicted molar refractivity (Wildman–Crippen MR) is 65.3 cm³/mol. The minimum atomic E-state index is -4.56. The molecular weight excluding hydrogens is 273 g/mol. The maximum Gasteiger partial charge on any atom is 0.416 e. The molecule has 0 bridgehead atoms. The number of phenolic OH excluding ortho intramolecular Hbond substituents is 1. The number of hydrogen-bond donors (Lipinski definition) is 2. The fourth-order valence-corrected chi connectivity index (χ4v) is 1.50. The number of phenols is 1. The maximum absolute atomic E-state index is 12.6. The Hall–Kier alpha value is -2.57. The Labute approximate surface area is 111 Å². The van der Waals surface area contributed by atoms with Crippen molar-refractivity contribution in [1.29, 1.82) is 0 Å². The Morgan fingerprint density at radius 1 is 1.20 bits per heavy atom.